The molecule has 0 atom stereocenters. The average Bonchev–Trinajstić information content (AvgIpc) is 2.69. The van der Waals surface area contributed by atoms with Crippen LogP contribution in [0.25, 0.3) is 0 Å². The molecular formula is C22H33N3O5. The van der Waals surface area contributed by atoms with Gasteiger partial charge in [-0.05, 0) is 56.7 Å². The van der Waals surface area contributed by atoms with Crippen LogP contribution in [0.3, 0.4) is 0 Å². The number of ether oxygens (including phenoxy) is 1. The van der Waals surface area contributed by atoms with Gasteiger partial charge >= 0.3 is 11.9 Å². The van der Waals surface area contributed by atoms with E-state index in [4.69, 9.17) is 21.0 Å². The normalized spacial score (nSPS) is 20.3. The number of nitrogens with one attached hydrogen (secondary N) is 2. The molecule has 0 aliphatic heterocycles. The van der Waals surface area contributed by atoms with Crippen LogP contribution < -0.4 is 11.1 Å². The highest BCUT2D eigenvalue weighted by Crippen LogP contribution is 2.34. The molecule has 166 valence electrons. The van der Waals surface area contributed by atoms with Gasteiger partial charge in [0, 0.05) is 30.5 Å². The number of esters is 1. The van der Waals surface area contributed by atoms with Crippen LogP contribution in [0.2, 0.25) is 0 Å². The lowest BCUT2D eigenvalue weighted by Gasteiger charge is -2.39. The first-order valence-corrected chi connectivity index (χ1v) is 10.2. The molecule has 8 heteroatoms. The van der Waals surface area contributed by atoms with E-state index in [2.05, 4.69) is 5.32 Å². The summed E-state index contributed by atoms with van der Waals surface area (Å²) in [6, 6.07) is 5.23. The predicted octanol–water partition coefficient (Wildman–Crippen LogP) is 3.14. The Morgan fingerprint density at radius 3 is 2.23 bits per heavy atom. The lowest BCUT2D eigenvalue weighted by atomic mass is 9.80. The Balaban J connectivity index is 0.000000804. The van der Waals surface area contributed by atoms with E-state index in [0.717, 1.165) is 37.7 Å². The van der Waals surface area contributed by atoms with Crippen LogP contribution >= 0.6 is 0 Å². The molecule has 0 heterocycles. The van der Waals surface area contributed by atoms with Gasteiger partial charge in [0.05, 0.1) is 0 Å². The first kappa shape index (κ1) is 25.1. The lowest BCUT2D eigenvalue weighted by Crippen LogP contribution is -2.45. The van der Waals surface area contributed by atoms with Crippen molar-refractivity contribution in [3.05, 3.63) is 34.9 Å². The summed E-state index contributed by atoms with van der Waals surface area (Å²) < 4.78 is 5.54. The zero-order valence-corrected chi connectivity index (χ0v) is 18.2. The molecule has 0 spiro atoms. The second-order valence-corrected chi connectivity index (χ2v) is 7.57. The highest BCUT2D eigenvalue weighted by Gasteiger charge is 2.37. The van der Waals surface area contributed by atoms with Gasteiger partial charge in [-0.25, -0.2) is 0 Å². The number of carboxylic acids is 1. The smallest absolute Gasteiger partial charge is 0.303 e. The monoisotopic (exact) mass is 419 g/mol. The molecule has 1 aromatic carbocycles. The number of hydrogen-bond donors (Lipinski definition) is 4. The van der Waals surface area contributed by atoms with Crippen molar-refractivity contribution in [3.63, 3.8) is 0 Å². The zero-order chi connectivity index (χ0) is 22.9. The number of amidine groups is 1. The summed E-state index contributed by atoms with van der Waals surface area (Å²) in [5, 5.41) is 18.3. The van der Waals surface area contributed by atoms with E-state index >= 15 is 0 Å². The number of hydrogen-bond acceptors (Lipinski definition) is 5. The largest absolute Gasteiger partial charge is 0.481 e. The molecule has 0 bridgehead atoms. The third-order valence-electron chi connectivity index (χ3n) is 5.32. The average molecular weight is 420 g/mol. The van der Waals surface area contributed by atoms with E-state index in [-0.39, 0.29) is 35.8 Å². The molecule has 1 amide bonds. The first-order chi connectivity index (χ1) is 14.0. The fourth-order valence-corrected chi connectivity index (χ4v) is 3.47. The van der Waals surface area contributed by atoms with Crippen LogP contribution in [0.1, 0.15) is 80.8 Å². The molecule has 1 aliphatic rings. The molecule has 0 aromatic heterocycles. The second-order valence-electron chi connectivity index (χ2n) is 7.57. The molecule has 8 nitrogen and oxygen atoms in total. The van der Waals surface area contributed by atoms with Gasteiger partial charge in [0.25, 0.3) is 5.91 Å². The van der Waals surface area contributed by atoms with Crippen molar-refractivity contribution in [1.82, 2.24) is 5.32 Å². The molecule has 0 radical (unpaired) electrons. The van der Waals surface area contributed by atoms with Gasteiger partial charge in [-0.3, -0.25) is 19.8 Å². The number of benzene rings is 1. The van der Waals surface area contributed by atoms with E-state index < -0.39 is 5.97 Å². The molecule has 2 rings (SSSR count). The highest BCUT2D eigenvalue weighted by atomic mass is 16.6. The highest BCUT2D eigenvalue weighted by molar-refractivity contribution is 5.99. The Labute approximate surface area is 177 Å². The maximum absolute atomic E-state index is 12.5. The summed E-state index contributed by atoms with van der Waals surface area (Å²) in [6.07, 6.45) is 4.11. The maximum atomic E-state index is 12.5. The van der Waals surface area contributed by atoms with Crippen molar-refractivity contribution in [2.45, 2.75) is 77.9 Å². The van der Waals surface area contributed by atoms with Crippen molar-refractivity contribution >= 4 is 23.7 Å². The predicted molar refractivity (Wildman–Crippen MR) is 115 cm³/mol. The van der Waals surface area contributed by atoms with Crippen LogP contribution in [0.5, 0.6) is 0 Å². The third-order valence-corrected chi connectivity index (χ3v) is 5.32. The summed E-state index contributed by atoms with van der Waals surface area (Å²) in [4.78, 5) is 33.2. The molecule has 1 fully saturated rings. The molecule has 1 saturated carbocycles. The number of amides is 1. The van der Waals surface area contributed by atoms with Crippen LogP contribution in [0.4, 0.5) is 0 Å². The molecule has 0 unspecified atom stereocenters. The van der Waals surface area contributed by atoms with E-state index in [0.29, 0.717) is 11.1 Å². The van der Waals surface area contributed by atoms with E-state index in [9.17, 15) is 14.4 Å². The van der Waals surface area contributed by atoms with Crippen LogP contribution in [0, 0.1) is 12.3 Å². The van der Waals surface area contributed by atoms with Gasteiger partial charge in [0.1, 0.15) is 11.4 Å². The molecular weight excluding hydrogens is 386 g/mol. The number of aryl methyl sites for hydroxylation is 1. The topological polar surface area (TPSA) is 143 Å². The maximum Gasteiger partial charge on any atom is 0.303 e. The quantitative estimate of drug-likeness (QED) is 0.317. The number of nitrogen functional groups attached to an aromatic ring is 1. The number of carboxylic acid groups (broad SMARTS) is 1. The number of carbonyl (C=O) groups excluding carboxylic acids is 2. The van der Waals surface area contributed by atoms with Crippen LogP contribution in [0.15, 0.2) is 18.2 Å². The van der Waals surface area contributed by atoms with E-state index in [1.165, 1.54) is 6.92 Å². The van der Waals surface area contributed by atoms with Gasteiger partial charge < -0.3 is 20.9 Å². The van der Waals surface area contributed by atoms with Crippen molar-refractivity contribution in [3.8, 4) is 0 Å². The summed E-state index contributed by atoms with van der Waals surface area (Å²) >= 11 is 0. The van der Waals surface area contributed by atoms with Gasteiger partial charge in [-0.1, -0.05) is 19.9 Å². The summed E-state index contributed by atoms with van der Waals surface area (Å²) in [5.74, 6) is -1.12. The van der Waals surface area contributed by atoms with Crippen molar-refractivity contribution < 1.29 is 24.2 Å². The number of rotatable bonds is 6. The van der Waals surface area contributed by atoms with Crippen molar-refractivity contribution in [2.75, 3.05) is 0 Å². The fraction of sp³-hybridized carbons (Fsp3) is 0.545. The number of nitrogens with two attached hydrogens (primary N) is 1. The Morgan fingerprint density at radius 1 is 1.27 bits per heavy atom. The van der Waals surface area contributed by atoms with Crippen LogP contribution in [-0.4, -0.2) is 40.4 Å². The summed E-state index contributed by atoms with van der Waals surface area (Å²) in [6.45, 7) is 6.91. The van der Waals surface area contributed by atoms with Crippen LogP contribution in [-0.2, 0) is 14.3 Å². The first-order valence-electron chi connectivity index (χ1n) is 10.2. The molecule has 1 aliphatic carbocycles. The Morgan fingerprint density at radius 2 is 1.83 bits per heavy atom. The van der Waals surface area contributed by atoms with E-state index in [1.54, 1.807) is 25.1 Å². The summed E-state index contributed by atoms with van der Waals surface area (Å²) in [5.41, 5.74) is 7.10. The number of aliphatic carboxylic acids is 1. The minimum absolute atomic E-state index is 0.0104. The molecule has 1 aromatic rings. The SMILES string of the molecule is CCC(=O)O.CCC1(OC(C)=O)CCC(NC(=O)c2ccc(C(=N)N)cc2C)CC1. The van der Waals surface area contributed by atoms with Crippen molar-refractivity contribution in [2.24, 2.45) is 5.73 Å². The van der Waals surface area contributed by atoms with Crippen molar-refractivity contribution in [1.29, 1.82) is 5.41 Å². The molecule has 30 heavy (non-hydrogen) atoms. The zero-order valence-electron chi connectivity index (χ0n) is 18.2. The third kappa shape index (κ3) is 7.50. The standard InChI is InChI=1S/C19H27N3O3.C3H6O2/c1-4-19(25-13(3)23)9-7-15(8-10-19)22-18(24)16-6-5-14(17(20)21)11-12(16)2;1-2-3(4)5/h5-6,11,15H,4,7-10H2,1-3H3,(H3,20,21)(H,22,24);2H2,1H3,(H,4,5). The van der Waals surface area contributed by atoms with Gasteiger partial charge in [0.2, 0.25) is 0 Å². The molecule has 5 N–H and O–H groups in total. The number of carbonyl (C=O) groups is 3. The van der Waals surface area contributed by atoms with Gasteiger partial charge in [-0.15, -0.1) is 0 Å². The minimum atomic E-state index is -0.745. The fourth-order valence-electron chi connectivity index (χ4n) is 3.47. The van der Waals surface area contributed by atoms with Gasteiger partial charge in [0.15, 0.2) is 0 Å². The molecule has 0 saturated heterocycles. The van der Waals surface area contributed by atoms with E-state index in [1.807, 2.05) is 13.8 Å². The lowest BCUT2D eigenvalue weighted by molar-refractivity contribution is -0.161. The Bertz CT molecular complexity index is 783. The van der Waals surface area contributed by atoms with Gasteiger partial charge in [-0.2, -0.15) is 0 Å². The Hall–Kier alpha value is -2.90. The summed E-state index contributed by atoms with van der Waals surface area (Å²) in [7, 11) is 0. The minimum Gasteiger partial charge on any atom is -0.481 e. The second kappa shape index (κ2) is 11.3. The Kier molecular flexibility index (Phi) is 9.49.